The van der Waals surface area contributed by atoms with Crippen LogP contribution in [0.15, 0.2) is 18.2 Å². The number of hydrogen-bond acceptors (Lipinski definition) is 4. The molecule has 1 aromatic carbocycles. The zero-order chi connectivity index (χ0) is 18.3. The maximum atomic E-state index is 11.8. The van der Waals surface area contributed by atoms with E-state index >= 15 is 0 Å². The van der Waals surface area contributed by atoms with Gasteiger partial charge in [0.05, 0.1) is 23.2 Å². The van der Waals surface area contributed by atoms with Crippen molar-refractivity contribution >= 4 is 47.9 Å². The van der Waals surface area contributed by atoms with Crippen LogP contribution in [0.25, 0.3) is 0 Å². The summed E-state index contributed by atoms with van der Waals surface area (Å²) in [6.07, 6.45) is 0.397. The molecule has 0 aromatic heterocycles. The lowest BCUT2D eigenvalue weighted by Crippen LogP contribution is -2.50. The summed E-state index contributed by atoms with van der Waals surface area (Å²) in [6, 6.07) is 3.95. The van der Waals surface area contributed by atoms with E-state index in [1.165, 1.54) is 12.1 Å². The largest absolute Gasteiger partial charge is 0.475 e. The van der Waals surface area contributed by atoms with E-state index in [1.807, 2.05) is 13.8 Å². The molecular formula is C14H20BCl2N3O4. The van der Waals surface area contributed by atoms with Crippen LogP contribution in [-0.4, -0.2) is 41.6 Å². The predicted octanol–water partition coefficient (Wildman–Crippen LogP) is 1.66. The Bertz CT molecular complexity index is 587. The highest BCUT2D eigenvalue weighted by molar-refractivity contribution is 6.43. The fourth-order valence-corrected chi connectivity index (χ4v) is 2.28. The quantitative estimate of drug-likeness (QED) is 0.466. The van der Waals surface area contributed by atoms with Gasteiger partial charge in [-0.05, 0) is 30.5 Å². The summed E-state index contributed by atoms with van der Waals surface area (Å²) in [5, 5.41) is 26.5. The Balaban J connectivity index is 2.48. The van der Waals surface area contributed by atoms with E-state index in [0.29, 0.717) is 22.2 Å². The van der Waals surface area contributed by atoms with Crippen molar-refractivity contribution in [2.75, 3.05) is 11.9 Å². The molecule has 10 heteroatoms. The molecule has 0 saturated heterocycles. The van der Waals surface area contributed by atoms with Gasteiger partial charge in [0, 0.05) is 5.02 Å². The molecule has 24 heavy (non-hydrogen) atoms. The summed E-state index contributed by atoms with van der Waals surface area (Å²) in [5.74, 6) is -1.18. The zero-order valence-corrected chi connectivity index (χ0v) is 14.9. The first kappa shape index (κ1) is 20.6. The lowest BCUT2D eigenvalue weighted by atomic mass is 9.75. The Morgan fingerprint density at radius 1 is 1.25 bits per heavy atom. The molecule has 0 fully saturated rings. The first-order valence-electron chi connectivity index (χ1n) is 7.34. The molecule has 0 saturated carbocycles. The third kappa shape index (κ3) is 7.40. The minimum Gasteiger partial charge on any atom is -0.426 e. The molecule has 3 amide bonds. The normalized spacial score (nSPS) is 11.8. The Kier molecular flexibility index (Phi) is 8.34. The Hall–Kier alpha value is -1.48. The Morgan fingerprint density at radius 3 is 2.50 bits per heavy atom. The third-order valence-electron chi connectivity index (χ3n) is 3.02. The number of rotatable bonds is 7. The highest BCUT2D eigenvalue weighted by Crippen LogP contribution is 2.25. The molecule has 5 N–H and O–H groups in total. The van der Waals surface area contributed by atoms with Crippen LogP contribution in [0.3, 0.4) is 0 Å². The van der Waals surface area contributed by atoms with Gasteiger partial charge in [-0.1, -0.05) is 37.0 Å². The maximum absolute atomic E-state index is 11.8. The van der Waals surface area contributed by atoms with Crippen molar-refractivity contribution in [2.45, 2.75) is 26.2 Å². The van der Waals surface area contributed by atoms with Crippen molar-refractivity contribution in [3.63, 3.8) is 0 Å². The fraction of sp³-hybridized carbons (Fsp3) is 0.429. The second kappa shape index (κ2) is 9.73. The average molecular weight is 376 g/mol. The number of carbonyl (C=O) groups is 2. The molecule has 0 spiro atoms. The van der Waals surface area contributed by atoms with Gasteiger partial charge in [0.25, 0.3) is 0 Å². The van der Waals surface area contributed by atoms with Gasteiger partial charge in [0.1, 0.15) is 0 Å². The van der Waals surface area contributed by atoms with Gasteiger partial charge in [-0.2, -0.15) is 0 Å². The number of amides is 3. The third-order valence-corrected chi connectivity index (χ3v) is 3.58. The Morgan fingerprint density at radius 2 is 1.92 bits per heavy atom. The van der Waals surface area contributed by atoms with Gasteiger partial charge in [0.2, 0.25) is 5.91 Å². The van der Waals surface area contributed by atoms with Crippen LogP contribution in [-0.2, 0) is 4.79 Å². The van der Waals surface area contributed by atoms with E-state index in [9.17, 15) is 19.6 Å². The Labute approximate surface area is 150 Å². The van der Waals surface area contributed by atoms with Crippen LogP contribution in [0, 0.1) is 5.92 Å². The van der Waals surface area contributed by atoms with Gasteiger partial charge in [-0.25, -0.2) is 4.79 Å². The monoisotopic (exact) mass is 375 g/mol. The number of halogens is 2. The molecule has 0 aliphatic rings. The van der Waals surface area contributed by atoms with Crippen LogP contribution in [0.2, 0.25) is 10.0 Å². The number of nitrogens with one attached hydrogen (secondary N) is 3. The first-order chi connectivity index (χ1) is 11.2. The van der Waals surface area contributed by atoms with Gasteiger partial charge in [0.15, 0.2) is 0 Å². The first-order valence-corrected chi connectivity index (χ1v) is 8.10. The van der Waals surface area contributed by atoms with Crippen LogP contribution >= 0.6 is 23.2 Å². The average Bonchev–Trinajstić information content (AvgIpc) is 2.47. The molecule has 1 rings (SSSR count). The summed E-state index contributed by atoms with van der Waals surface area (Å²) < 4.78 is 0. The van der Waals surface area contributed by atoms with E-state index in [1.54, 1.807) is 6.07 Å². The van der Waals surface area contributed by atoms with Gasteiger partial charge < -0.3 is 26.0 Å². The number of anilines is 1. The summed E-state index contributed by atoms with van der Waals surface area (Å²) in [5.41, 5.74) is 0.311. The number of hydrogen-bond donors (Lipinski definition) is 5. The van der Waals surface area contributed by atoms with Crippen LogP contribution < -0.4 is 16.0 Å². The predicted molar refractivity (Wildman–Crippen MR) is 95.1 cm³/mol. The molecule has 0 aliphatic carbocycles. The number of benzene rings is 1. The lowest BCUT2D eigenvalue weighted by molar-refractivity contribution is -0.120. The van der Waals surface area contributed by atoms with Crippen molar-refractivity contribution in [3.8, 4) is 0 Å². The molecule has 1 atom stereocenters. The van der Waals surface area contributed by atoms with E-state index in [0.717, 1.165) is 0 Å². The zero-order valence-electron chi connectivity index (χ0n) is 13.3. The molecular weight excluding hydrogens is 356 g/mol. The minimum atomic E-state index is -1.67. The topological polar surface area (TPSA) is 111 Å². The van der Waals surface area contributed by atoms with E-state index < -0.39 is 25.0 Å². The molecule has 0 aliphatic heterocycles. The van der Waals surface area contributed by atoms with Crippen molar-refractivity contribution in [1.29, 1.82) is 0 Å². The second-order valence-electron chi connectivity index (χ2n) is 5.65. The maximum Gasteiger partial charge on any atom is 0.475 e. The highest BCUT2D eigenvalue weighted by atomic mass is 35.5. The van der Waals surface area contributed by atoms with Crippen LogP contribution in [0.4, 0.5) is 10.5 Å². The van der Waals surface area contributed by atoms with Crippen LogP contribution in [0.1, 0.15) is 20.3 Å². The molecule has 1 aromatic rings. The molecule has 0 heterocycles. The number of carbonyl (C=O) groups excluding carboxylic acids is 2. The highest BCUT2D eigenvalue weighted by Gasteiger charge is 2.26. The SMILES string of the molecule is CC(C)C[C@H](NC(=O)CNC(=O)Nc1cc(Cl)ccc1Cl)B(O)O. The molecule has 0 radical (unpaired) electrons. The van der Waals surface area contributed by atoms with Crippen molar-refractivity contribution in [1.82, 2.24) is 10.6 Å². The minimum absolute atomic E-state index is 0.165. The van der Waals surface area contributed by atoms with E-state index in [2.05, 4.69) is 16.0 Å². The van der Waals surface area contributed by atoms with E-state index in [-0.39, 0.29) is 12.5 Å². The smallest absolute Gasteiger partial charge is 0.426 e. The van der Waals surface area contributed by atoms with Crippen molar-refractivity contribution in [2.24, 2.45) is 5.92 Å². The van der Waals surface area contributed by atoms with Crippen LogP contribution in [0.5, 0.6) is 0 Å². The second-order valence-corrected chi connectivity index (χ2v) is 6.49. The van der Waals surface area contributed by atoms with Gasteiger partial charge in [-0.3, -0.25) is 4.79 Å². The lowest BCUT2D eigenvalue weighted by Gasteiger charge is -2.19. The molecule has 0 bridgehead atoms. The van der Waals surface area contributed by atoms with E-state index in [4.69, 9.17) is 23.2 Å². The molecule has 7 nitrogen and oxygen atoms in total. The number of urea groups is 1. The molecule has 0 unspecified atom stereocenters. The van der Waals surface area contributed by atoms with Gasteiger partial charge >= 0.3 is 13.1 Å². The summed E-state index contributed by atoms with van der Waals surface area (Å²) >= 11 is 11.7. The van der Waals surface area contributed by atoms with Crippen molar-refractivity contribution in [3.05, 3.63) is 28.2 Å². The summed E-state index contributed by atoms with van der Waals surface area (Å²) in [6.45, 7) is 3.45. The van der Waals surface area contributed by atoms with Crippen molar-refractivity contribution < 1.29 is 19.6 Å². The summed E-state index contributed by atoms with van der Waals surface area (Å²) in [7, 11) is -1.67. The summed E-state index contributed by atoms with van der Waals surface area (Å²) in [4.78, 5) is 23.6. The molecule has 132 valence electrons. The standard InChI is InChI=1S/C14H20BCl2N3O4/c1-8(2)5-12(15(23)24)20-13(21)7-18-14(22)19-11-6-9(16)3-4-10(11)17/h3-4,6,8,12,23-24H,5,7H2,1-2H3,(H,20,21)(H2,18,19,22)/t12-/m0/s1. The van der Waals surface area contributed by atoms with Gasteiger partial charge in [-0.15, -0.1) is 0 Å². The fourth-order valence-electron chi connectivity index (χ4n) is 1.94.